The van der Waals surface area contributed by atoms with Crippen LogP contribution in [-0.4, -0.2) is 37.4 Å². The zero-order valence-electron chi connectivity index (χ0n) is 9.21. The fourth-order valence-electron chi connectivity index (χ4n) is 1.88. The highest BCUT2D eigenvalue weighted by molar-refractivity contribution is 5.72. The number of esters is 1. The van der Waals surface area contributed by atoms with Gasteiger partial charge in [-0.05, 0) is 12.8 Å². The lowest BCUT2D eigenvalue weighted by Gasteiger charge is -2.19. The van der Waals surface area contributed by atoms with Crippen LogP contribution < -0.4 is 5.32 Å². The molecule has 1 rings (SSSR count). The molecule has 1 aliphatic rings. The van der Waals surface area contributed by atoms with Gasteiger partial charge in [-0.15, -0.1) is 0 Å². The van der Waals surface area contributed by atoms with Gasteiger partial charge in [0.25, 0.3) is 0 Å². The molecule has 1 aliphatic carbocycles. The van der Waals surface area contributed by atoms with Crippen LogP contribution in [0.15, 0.2) is 0 Å². The van der Waals surface area contributed by atoms with Gasteiger partial charge in [-0.3, -0.25) is 4.79 Å². The van der Waals surface area contributed by atoms with Gasteiger partial charge in [0.05, 0.1) is 12.5 Å². The Hall–Kier alpha value is -0.610. The first kappa shape index (κ1) is 12.5. The zero-order valence-corrected chi connectivity index (χ0v) is 9.21. The number of aliphatic hydroxyl groups excluding tert-OH is 1. The fraction of sp³-hybridized carbons (Fsp3) is 0.909. The predicted octanol–water partition coefficient (Wildman–Crippen LogP) is 0.692. The van der Waals surface area contributed by atoms with Crippen LogP contribution in [0.2, 0.25) is 0 Å². The summed E-state index contributed by atoms with van der Waals surface area (Å²) in [5.41, 5.74) is 0. The highest BCUT2D eigenvalue weighted by Gasteiger charge is 2.21. The smallest absolute Gasteiger partial charge is 0.308 e. The number of rotatable bonds is 6. The summed E-state index contributed by atoms with van der Waals surface area (Å²) < 4.78 is 5.14. The molecule has 4 heteroatoms. The molecule has 0 saturated heterocycles. The highest BCUT2D eigenvalue weighted by atomic mass is 16.5. The highest BCUT2D eigenvalue weighted by Crippen LogP contribution is 2.24. The van der Waals surface area contributed by atoms with Crippen molar-refractivity contribution in [2.45, 2.75) is 32.1 Å². The average molecular weight is 215 g/mol. The number of hydrogen-bond donors (Lipinski definition) is 2. The molecule has 0 aromatic rings. The maximum Gasteiger partial charge on any atom is 0.308 e. The van der Waals surface area contributed by atoms with Crippen molar-refractivity contribution in [2.75, 3.05) is 26.3 Å². The van der Waals surface area contributed by atoms with Gasteiger partial charge in [-0.1, -0.05) is 19.3 Å². The summed E-state index contributed by atoms with van der Waals surface area (Å²) in [6, 6.07) is 0. The van der Waals surface area contributed by atoms with Gasteiger partial charge in [-0.2, -0.15) is 0 Å². The van der Waals surface area contributed by atoms with Gasteiger partial charge in [0.1, 0.15) is 6.61 Å². The second kappa shape index (κ2) is 7.65. The van der Waals surface area contributed by atoms with E-state index in [0.717, 1.165) is 25.7 Å². The molecule has 2 N–H and O–H groups in total. The maximum atomic E-state index is 11.5. The predicted molar refractivity (Wildman–Crippen MR) is 57.5 cm³/mol. The molecule has 0 unspecified atom stereocenters. The van der Waals surface area contributed by atoms with Crippen molar-refractivity contribution >= 4 is 5.97 Å². The summed E-state index contributed by atoms with van der Waals surface area (Å²) >= 11 is 0. The van der Waals surface area contributed by atoms with Crippen LogP contribution in [0.4, 0.5) is 0 Å². The number of ether oxygens (including phenoxy) is 1. The Morgan fingerprint density at radius 3 is 2.67 bits per heavy atom. The normalized spacial score (nSPS) is 17.7. The largest absolute Gasteiger partial charge is 0.464 e. The lowest BCUT2D eigenvalue weighted by molar-refractivity contribution is -0.149. The summed E-state index contributed by atoms with van der Waals surface area (Å²) in [6.45, 7) is 1.71. The van der Waals surface area contributed by atoms with Crippen LogP contribution in [0, 0.1) is 5.92 Å². The van der Waals surface area contributed by atoms with Crippen molar-refractivity contribution < 1.29 is 14.6 Å². The van der Waals surface area contributed by atoms with E-state index in [0.29, 0.717) is 19.7 Å². The van der Waals surface area contributed by atoms with Crippen molar-refractivity contribution in [3.8, 4) is 0 Å². The van der Waals surface area contributed by atoms with E-state index in [1.54, 1.807) is 0 Å². The first-order valence-corrected chi connectivity index (χ1v) is 5.83. The summed E-state index contributed by atoms with van der Waals surface area (Å²) in [5.74, 6) is 0.0945. The Morgan fingerprint density at radius 2 is 2.00 bits per heavy atom. The molecular formula is C11H21NO3. The summed E-state index contributed by atoms with van der Waals surface area (Å²) in [6.07, 6.45) is 5.54. The molecule has 1 saturated carbocycles. The van der Waals surface area contributed by atoms with Crippen molar-refractivity contribution in [1.29, 1.82) is 0 Å². The minimum atomic E-state index is -0.0412. The standard InChI is InChI=1S/C11H21NO3/c13-8-6-12-7-9-15-11(14)10-4-2-1-3-5-10/h10,12-13H,1-9H2. The van der Waals surface area contributed by atoms with Crippen LogP contribution in [-0.2, 0) is 9.53 Å². The van der Waals surface area contributed by atoms with E-state index < -0.39 is 0 Å². The molecule has 0 heterocycles. The Labute approximate surface area is 91.0 Å². The third kappa shape index (κ3) is 5.14. The number of hydrogen-bond acceptors (Lipinski definition) is 4. The molecular weight excluding hydrogens is 194 g/mol. The van der Waals surface area contributed by atoms with Crippen LogP contribution in [0.5, 0.6) is 0 Å². The Morgan fingerprint density at radius 1 is 1.27 bits per heavy atom. The van der Waals surface area contributed by atoms with Gasteiger partial charge in [0.2, 0.25) is 0 Å². The number of aliphatic hydroxyl groups is 1. The molecule has 0 aromatic carbocycles. The molecule has 1 fully saturated rings. The van der Waals surface area contributed by atoms with E-state index in [9.17, 15) is 4.79 Å². The van der Waals surface area contributed by atoms with Gasteiger partial charge >= 0.3 is 5.97 Å². The first-order chi connectivity index (χ1) is 7.34. The van der Waals surface area contributed by atoms with Gasteiger partial charge in [0.15, 0.2) is 0 Å². The Balaban J connectivity index is 2.02. The van der Waals surface area contributed by atoms with Crippen LogP contribution in [0.1, 0.15) is 32.1 Å². The lowest BCUT2D eigenvalue weighted by atomic mass is 9.89. The quantitative estimate of drug-likeness (QED) is 0.505. The Bertz CT molecular complexity index is 179. The molecule has 0 aromatic heterocycles. The average Bonchev–Trinajstić information content (AvgIpc) is 2.30. The van der Waals surface area contributed by atoms with Gasteiger partial charge in [-0.25, -0.2) is 0 Å². The summed E-state index contributed by atoms with van der Waals surface area (Å²) in [4.78, 5) is 11.5. The third-order valence-electron chi connectivity index (χ3n) is 2.75. The molecule has 0 atom stereocenters. The lowest BCUT2D eigenvalue weighted by Crippen LogP contribution is -2.27. The van der Waals surface area contributed by atoms with Crippen LogP contribution >= 0.6 is 0 Å². The van der Waals surface area contributed by atoms with Crippen LogP contribution in [0.25, 0.3) is 0 Å². The molecule has 0 radical (unpaired) electrons. The Kier molecular flexibility index (Phi) is 6.36. The maximum absolute atomic E-state index is 11.5. The van der Waals surface area contributed by atoms with Gasteiger partial charge in [0, 0.05) is 13.1 Å². The second-order valence-corrected chi connectivity index (χ2v) is 3.98. The minimum absolute atomic E-state index is 0.0412. The fourth-order valence-corrected chi connectivity index (χ4v) is 1.88. The van der Waals surface area contributed by atoms with E-state index in [-0.39, 0.29) is 18.5 Å². The molecule has 4 nitrogen and oxygen atoms in total. The first-order valence-electron chi connectivity index (χ1n) is 5.83. The van der Waals surface area contributed by atoms with E-state index in [4.69, 9.17) is 9.84 Å². The molecule has 15 heavy (non-hydrogen) atoms. The van der Waals surface area contributed by atoms with Gasteiger partial charge < -0.3 is 15.2 Å². The topological polar surface area (TPSA) is 58.6 Å². The molecule has 88 valence electrons. The number of carbonyl (C=O) groups is 1. The van der Waals surface area contributed by atoms with Crippen molar-refractivity contribution in [2.24, 2.45) is 5.92 Å². The SMILES string of the molecule is O=C(OCCNCCO)C1CCCCC1. The molecule has 0 bridgehead atoms. The third-order valence-corrected chi connectivity index (χ3v) is 2.75. The number of nitrogens with one attached hydrogen (secondary N) is 1. The van der Waals surface area contributed by atoms with E-state index >= 15 is 0 Å². The summed E-state index contributed by atoms with van der Waals surface area (Å²) in [7, 11) is 0. The molecule has 0 amide bonds. The van der Waals surface area contributed by atoms with Crippen molar-refractivity contribution in [3.05, 3.63) is 0 Å². The monoisotopic (exact) mass is 215 g/mol. The van der Waals surface area contributed by atoms with Crippen molar-refractivity contribution in [1.82, 2.24) is 5.32 Å². The molecule has 0 spiro atoms. The number of carbonyl (C=O) groups excluding carboxylic acids is 1. The molecule has 0 aliphatic heterocycles. The van der Waals surface area contributed by atoms with E-state index in [2.05, 4.69) is 5.32 Å². The minimum Gasteiger partial charge on any atom is -0.464 e. The second-order valence-electron chi connectivity index (χ2n) is 3.98. The zero-order chi connectivity index (χ0) is 10.9. The van der Waals surface area contributed by atoms with E-state index in [1.807, 2.05) is 0 Å². The van der Waals surface area contributed by atoms with Crippen LogP contribution in [0.3, 0.4) is 0 Å². The van der Waals surface area contributed by atoms with Crippen molar-refractivity contribution in [3.63, 3.8) is 0 Å². The summed E-state index contributed by atoms with van der Waals surface area (Å²) in [5, 5.41) is 11.5. The van der Waals surface area contributed by atoms with E-state index in [1.165, 1.54) is 6.42 Å².